The van der Waals surface area contributed by atoms with E-state index in [2.05, 4.69) is 45.0 Å². The molecule has 3 unspecified atom stereocenters. The quantitative estimate of drug-likeness (QED) is 0.859. The van der Waals surface area contributed by atoms with Gasteiger partial charge in [0.05, 0.1) is 6.10 Å². The van der Waals surface area contributed by atoms with Crippen molar-refractivity contribution in [2.45, 2.75) is 70.9 Å². The summed E-state index contributed by atoms with van der Waals surface area (Å²) in [5.74, 6) is 2.34. The van der Waals surface area contributed by atoms with Crippen molar-refractivity contribution in [1.29, 1.82) is 0 Å². The number of ether oxygens (including phenoxy) is 1. The van der Waals surface area contributed by atoms with Crippen LogP contribution in [0.25, 0.3) is 0 Å². The van der Waals surface area contributed by atoms with Crippen LogP contribution in [0.3, 0.4) is 0 Å². The Morgan fingerprint density at radius 3 is 2.50 bits per heavy atom. The molecule has 0 heterocycles. The van der Waals surface area contributed by atoms with Gasteiger partial charge in [-0.1, -0.05) is 31.9 Å². The third-order valence-electron chi connectivity index (χ3n) is 4.39. The van der Waals surface area contributed by atoms with Gasteiger partial charge in [-0.25, -0.2) is 0 Å². The summed E-state index contributed by atoms with van der Waals surface area (Å²) in [4.78, 5) is 0. The van der Waals surface area contributed by atoms with Crippen LogP contribution >= 0.6 is 0 Å². The molecule has 0 aromatic heterocycles. The normalized spacial score (nSPS) is 26.8. The topological polar surface area (TPSA) is 35.2 Å². The number of hydrogen-bond acceptors (Lipinski definition) is 2. The molecule has 1 aliphatic carbocycles. The molecule has 0 aliphatic heterocycles. The number of nitrogens with two attached hydrogens (primary N) is 1. The minimum absolute atomic E-state index is 0.228. The average molecular weight is 275 g/mol. The Morgan fingerprint density at radius 1 is 1.20 bits per heavy atom. The summed E-state index contributed by atoms with van der Waals surface area (Å²) in [7, 11) is 0. The molecule has 112 valence electrons. The Morgan fingerprint density at radius 2 is 1.90 bits per heavy atom. The SMILES string of the molecule is CCCC1CCC(N)C(c2ccc(OC(C)C)cc2)C1. The number of rotatable bonds is 5. The van der Waals surface area contributed by atoms with Crippen LogP contribution in [0.15, 0.2) is 24.3 Å². The molecule has 1 aromatic carbocycles. The molecule has 1 fully saturated rings. The van der Waals surface area contributed by atoms with Crippen molar-refractivity contribution in [3.8, 4) is 5.75 Å². The highest BCUT2D eigenvalue weighted by Crippen LogP contribution is 2.37. The molecule has 0 bridgehead atoms. The Labute approximate surface area is 123 Å². The number of benzene rings is 1. The monoisotopic (exact) mass is 275 g/mol. The van der Waals surface area contributed by atoms with Crippen LogP contribution in [-0.4, -0.2) is 12.1 Å². The van der Waals surface area contributed by atoms with E-state index in [1.165, 1.54) is 37.7 Å². The highest BCUT2D eigenvalue weighted by atomic mass is 16.5. The van der Waals surface area contributed by atoms with Gasteiger partial charge in [0.15, 0.2) is 0 Å². The lowest BCUT2D eigenvalue weighted by molar-refractivity contribution is 0.242. The summed E-state index contributed by atoms with van der Waals surface area (Å²) in [5, 5.41) is 0. The second kappa shape index (κ2) is 7.12. The molecular formula is C18H29NO. The first-order valence-electron chi connectivity index (χ1n) is 8.12. The lowest BCUT2D eigenvalue weighted by Gasteiger charge is -2.34. The van der Waals surface area contributed by atoms with Crippen LogP contribution in [0, 0.1) is 5.92 Å². The van der Waals surface area contributed by atoms with Crippen molar-refractivity contribution in [2.75, 3.05) is 0 Å². The second-order valence-electron chi connectivity index (χ2n) is 6.47. The predicted octanol–water partition coefficient (Wildman–Crippen LogP) is 4.48. The molecule has 1 aromatic rings. The highest BCUT2D eigenvalue weighted by molar-refractivity contribution is 5.30. The van der Waals surface area contributed by atoms with E-state index >= 15 is 0 Å². The first-order valence-corrected chi connectivity index (χ1v) is 8.12. The van der Waals surface area contributed by atoms with E-state index in [0.717, 1.165) is 11.7 Å². The van der Waals surface area contributed by atoms with Gasteiger partial charge in [-0.15, -0.1) is 0 Å². The molecule has 1 aliphatic rings. The zero-order chi connectivity index (χ0) is 14.5. The maximum Gasteiger partial charge on any atom is 0.119 e. The van der Waals surface area contributed by atoms with Gasteiger partial charge in [0, 0.05) is 6.04 Å². The molecule has 2 heteroatoms. The van der Waals surface area contributed by atoms with Crippen molar-refractivity contribution >= 4 is 0 Å². The maximum atomic E-state index is 6.36. The Bertz CT molecular complexity index is 398. The summed E-state index contributed by atoms with van der Waals surface area (Å²) in [6.45, 7) is 6.39. The molecule has 0 radical (unpaired) electrons. The summed E-state index contributed by atoms with van der Waals surface area (Å²) < 4.78 is 5.71. The van der Waals surface area contributed by atoms with Gasteiger partial charge in [-0.3, -0.25) is 0 Å². The van der Waals surface area contributed by atoms with E-state index in [4.69, 9.17) is 10.5 Å². The fourth-order valence-electron chi connectivity index (χ4n) is 3.40. The van der Waals surface area contributed by atoms with E-state index in [9.17, 15) is 0 Å². The largest absolute Gasteiger partial charge is 0.491 e. The molecule has 20 heavy (non-hydrogen) atoms. The van der Waals surface area contributed by atoms with Crippen LogP contribution in [0.4, 0.5) is 0 Å². The van der Waals surface area contributed by atoms with Gasteiger partial charge in [0.1, 0.15) is 5.75 Å². The summed E-state index contributed by atoms with van der Waals surface area (Å²) in [6, 6.07) is 8.91. The van der Waals surface area contributed by atoms with E-state index in [-0.39, 0.29) is 6.10 Å². The van der Waals surface area contributed by atoms with Crippen molar-refractivity contribution in [3.05, 3.63) is 29.8 Å². The van der Waals surface area contributed by atoms with Gasteiger partial charge in [0.2, 0.25) is 0 Å². The number of hydrogen-bond donors (Lipinski definition) is 1. The fraction of sp³-hybridized carbons (Fsp3) is 0.667. The Hall–Kier alpha value is -1.02. The third kappa shape index (κ3) is 3.99. The van der Waals surface area contributed by atoms with Gasteiger partial charge >= 0.3 is 0 Å². The van der Waals surface area contributed by atoms with E-state index in [1.807, 2.05) is 0 Å². The first-order chi connectivity index (χ1) is 9.60. The van der Waals surface area contributed by atoms with Crippen LogP contribution < -0.4 is 10.5 Å². The minimum atomic E-state index is 0.228. The van der Waals surface area contributed by atoms with Gasteiger partial charge in [0.25, 0.3) is 0 Å². The lowest BCUT2D eigenvalue weighted by atomic mass is 9.74. The van der Waals surface area contributed by atoms with Crippen molar-refractivity contribution in [2.24, 2.45) is 11.7 Å². The lowest BCUT2D eigenvalue weighted by Crippen LogP contribution is -2.34. The van der Waals surface area contributed by atoms with Crippen molar-refractivity contribution in [3.63, 3.8) is 0 Å². The van der Waals surface area contributed by atoms with E-state index in [0.29, 0.717) is 12.0 Å². The maximum absolute atomic E-state index is 6.36. The Balaban J connectivity index is 2.04. The molecule has 0 saturated heterocycles. The first kappa shape index (κ1) is 15.4. The zero-order valence-corrected chi connectivity index (χ0v) is 13.1. The van der Waals surface area contributed by atoms with E-state index in [1.54, 1.807) is 0 Å². The van der Waals surface area contributed by atoms with Crippen LogP contribution in [-0.2, 0) is 0 Å². The molecule has 0 spiro atoms. The molecule has 0 amide bonds. The van der Waals surface area contributed by atoms with E-state index < -0.39 is 0 Å². The van der Waals surface area contributed by atoms with Gasteiger partial charge in [-0.05, 0) is 62.6 Å². The van der Waals surface area contributed by atoms with Gasteiger partial charge in [-0.2, -0.15) is 0 Å². The van der Waals surface area contributed by atoms with Crippen LogP contribution in [0.2, 0.25) is 0 Å². The van der Waals surface area contributed by atoms with Crippen molar-refractivity contribution < 1.29 is 4.74 Å². The molecule has 2 nitrogen and oxygen atoms in total. The summed E-state index contributed by atoms with van der Waals surface area (Å²) in [5.41, 5.74) is 7.74. The highest BCUT2D eigenvalue weighted by Gasteiger charge is 2.28. The minimum Gasteiger partial charge on any atom is -0.491 e. The smallest absolute Gasteiger partial charge is 0.119 e. The standard InChI is InChI=1S/C18H29NO/c1-4-5-14-6-11-18(19)17(12-14)15-7-9-16(10-8-15)20-13(2)3/h7-10,13-14,17-18H,4-6,11-12,19H2,1-3H3. The summed E-state index contributed by atoms with van der Waals surface area (Å²) in [6.07, 6.45) is 6.58. The predicted molar refractivity (Wildman–Crippen MR) is 85.2 cm³/mol. The van der Waals surface area contributed by atoms with Crippen LogP contribution in [0.5, 0.6) is 5.75 Å². The molecule has 3 atom stereocenters. The molecular weight excluding hydrogens is 246 g/mol. The third-order valence-corrected chi connectivity index (χ3v) is 4.39. The average Bonchev–Trinajstić information content (AvgIpc) is 2.42. The van der Waals surface area contributed by atoms with Crippen LogP contribution in [0.1, 0.15) is 64.4 Å². The molecule has 1 saturated carbocycles. The fourth-order valence-corrected chi connectivity index (χ4v) is 3.40. The summed E-state index contributed by atoms with van der Waals surface area (Å²) >= 11 is 0. The zero-order valence-electron chi connectivity index (χ0n) is 13.1. The molecule has 2 rings (SSSR count). The molecule has 2 N–H and O–H groups in total. The Kier molecular flexibility index (Phi) is 5.47. The second-order valence-corrected chi connectivity index (χ2v) is 6.47. The van der Waals surface area contributed by atoms with Crippen molar-refractivity contribution in [1.82, 2.24) is 0 Å². The van der Waals surface area contributed by atoms with Gasteiger partial charge < -0.3 is 10.5 Å².